The number of alkyl halides is 1. The molecule has 0 amide bonds. The van der Waals surface area contributed by atoms with E-state index in [1.807, 2.05) is 19.2 Å². The molecule has 1 N–H and O–H groups in total. The minimum absolute atomic E-state index is 0.0883. The molecule has 1 aliphatic carbocycles. The third-order valence-corrected chi connectivity index (χ3v) is 6.91. The first-order valence-electron chi connectivity index (χ1n) is 11.0. The second-order valence-corrected chi connectivity index (χ2v) is 9.33. The molecule has 0 spiro atoms. The first-order chi connectivity index (χ1) is 16.1. The number of allylic oxidation sites excluding steroid dienone is 2. The molecule has 7 heteroatoms. The molecule has 0 saturated heterocycles. The van der Waals surface area contributed by atoms with Crippen LogP contribution in [0.4, 0.5) is 5.69 Å². The van der Waals surface area contributed by atoms with Crippen molar-refractivity contribution in [2.75, 3.05) is 18.2 Å². The van der Waals surface area contributed by atoms with Gasteiger partial charge in [-0.3, -0.25) is 9.56 Å². The van der Waals surface area contributed by atoms with Crippen molar-refractivity contribution >= 4 is 34.8 Å². The van der Waals surface area contributed by atoms with Gasteiger partial charge < -0.3 is 5.32 Å². The van der Waals surface area contributed by atoms with Gasteiger partial charge in [0.05, 0.1) is 11.0 Å². The van der Waals surface area contributed by atoms with Crippen LogP contribution in [0.5, 0.6) is 0 Å². The number of aryl methyl sites for hydroxylation is 1. The molecule has 0 radical (unpaired) electrons. The molecule has 4 rings (SSSR count). The van der Waals surface area contributed by atoms with Crippen molar-refractivity contribution in [1.29, 1.82) is 0 Å². The predicted molar refractivity (Wildman–Crippen MR) is 140 cm³/mol. The van der Waals surface area contributed by atoms with E-state index in [4.69, 9.17) is 11.6 Å². The summed E-state index contributed by atoms with van der Waals surface area (Å²) >= 11 is 7.59. The molecule has 2 aromatic carbocycles. The molecule has 1 saturated carbocycles. The van der Waals surface area contributed by atoms with Crippen LogP contribution in [0.15, 0.2) is 83.6 Å². The molecular formula is C26H28ClN5S. The van der Waals surface area contributed by atoms with E-state index < -0.39 is 0 Å². The number of nitrogens with one attached hydrogen (secondary N) is 1. The zero-order chi connectivity index (χ0) is 23.2. The van der Waals surface area contributed by atoms with Crippen LogP contribution in [0.2, 0.25) is 0 Å². The van der Waals surface area contributed by atoms with E-state index in [0.29, 0.717) is 11.8 Å². The topological polar surface area (TPSA) is 55.1 Å². The van der Waals surface area contributed by atoms with Gasteiger partial charge in [0, 0.05) is 36.4 Å². The van der Waals surface area contributed by atoms with Gasteiger partial charge in [-0.25, -0.2) is 0 Å². The van der Waals surface area contributed by atoms with Crippen molar-refractivity contribution < 1.29 is 0 Å². The Balaban J connectivity index is 1.78. The molecule has 1 heterocycles. The van der Waals surface area contributed by atoms with Gasteiger partial charge in [0.25, 0.3) is 0 Å². The lowest BCUT2D eigenvalue weighted by atomic mass is 10.1. The van der Waals surface area contributed by atoms with Crippen molar-refractivity contribution in [1.82, 2.24) is 14.8 Å². The quantitative estimate of drug-likeness (QED) is 0.200. The van der Waals surface area contributed by atoms with Crippen molar-refractivity contribution in [3.63, 3.8) is 0 Å². The maximum atomic E-state index is 5.95. The Kier molecular flexibility index (Phi) is 7.68. The van der Waals surface area contributed by atoms with Crippen LogP contribution in [-0.2, 0) is 0 Å². The molecule has 1 aliphatic rings. The van der Waals surface area contributed by atoms with E-state index in [0.717, 1.165) is 46.5 Å². The van der Waals surface area contributed by atoms with Crippen LogP contribution in [-0.4, -0.2) is 33.4 Å². The van der Waals surface area contributed by atoms with E-state index in [-0.39, 0.29) is 5.25 Å². The maximum Gasteiger partial charge on any atom is 0.196 e. The van der Waals surface area contributed by atoms with Crippen LogP contribution in [0.3, 0.4) is 0 Å². The van der Waals surface area contributed by atoms with Crippen molar-refractivity contribution in [2.45, 2.75) is 36.1 Å². The molecule has 1 unspecified atom stereocenters. The van der Waals surface area contributed by atoms with Crippen molar-refractivity contribution in [3.8, 4) is 5.69 Å². The van der Waals surface area contributed by atoms with E-state index >= 15 is 0 Å². The fourth-order valence-electron chi connectivity index (χ4n) is 3.60. The summed E-state index contributed by atoms with van der Waals surface area (Å²) in [5, 5.41) is 13.2. The van der Waals surface area contributed by atoms with Gasteiger partial charge in [0.1, 0.15) is 5.82 Å². The zero-order valence-corrected chi connectivity index (χ0v) is 20.5. The highest BCUT2D eigenvalue weighted by Gasteiger charge is 2.32. The summed E-state index contributed by atoms with van der Waals surface area (Å²) in [4.78, 5) is 4.58. The second-order valence-electron chi connectivity index (χ2n) is 7.95. The summed E-state index contributed by atoms with van der Waals surface area (Å²) in [6.45, 7) is 5.91. The van der Waals surface area contributed by atoms with Crippen LogP contribution >= 0.6 is 23.4 Å². The van der Waals surface area contributed by atoms with Gasteiger partial charge in [-0.1, -0.05) is 54.2 Å². The number of thioether (sulfide) groups is 1. The molecular weight excluding hydrogens is 450 g/mol. The number of hydrogen-bond donors (Lipinski definition) is 1. The average molecular weight is 478 g/mol. The fraction of sp³-hybridized carbons (Fsp3) is 0.269. The number of hydrogen-bond acceptors (Lipinski definition) is 5. The number of anilines is 1. The minimum atomic E-state index is -0.0883. The SMILES string of the molecule is C=CN=C(/C=C\CCl)C(Sc1nnc(C2CC2)n1-c1ccc(NC)cc1)c1ccc(C)cc1. The lowest BCUT2D eigenvalue weighted by molar-refractivity contribution is 0.829. The fourth-order valence-corrected chi connectivity index (χ4v) is 4.84. The Labute approximate surface area is 204 Å². The van der Waals surface area contributed by atoms with Crippen LogP contribution in [0.25, 0.3) is 5.69 Å². The van der Waals surface area contributed by atoms with Gasteiger partial charge in [-0.15, -0.1) is 21.8 Å². The highest BCUT2D eigenvalue weighted by Crippen LogP contribution is 2.43. The highest BCUT2D eigenvalue weighted by molar-refractivity contribution is 8.00. The minimum Gasteiger partial charge on any atom is -0.388 e. The Bertz CT molecular complexity index is 1140. The van der Waals surface area contributed by atoms with Gasteiger partial charge in [-0.05, 0) is 55.7 Å². The molecule has 0 aliphatic heterocycles. The normalized spacial score (nSPS) is 15.1. The first kappa shape index (κ1) is 23.3. The number of benzene rings is 2. The zero-order valence-electron chi connectivity index (χ0n) is 18.9. The third-order valence-electron chi connectivity index (χ3n) is 5.51. The summed E-state index contributed by atoms with van der Waals surface area (Å²) in [5.41, 5.74) is 5.35. The van der Waals surface area contributed by atoms with Crippen LogP contribution in [0.1, 0.15) is 41.0 Å². The lowest BCUT2D eigenvalue weighted by Crippen LogP contribution is -2.10. The second kappa shape index (κ2) is 10.9. The third kappa shape index (κ3) is 5.57. The number of aliphatic imine (C=N–C) groups is 1. The number of aromatic nitrogens is 3. The summed E-state index contributed by atoms with van der Waals surface area (Å²) in [6, 6.07) is 16.9. The highest BCUT2D eigenvalue weighted by atomic mass is 35.5. The monoisotopic (exact) mass is 477 g/mol. The molecule has 3 aromatic rings. The molecule has 33 heavy (non-hydrogen) atoms. The Morgan fingerprint density at radius 1 is 1.21 bits per heavy atom. The summed E-state index contributed by atoms with van der Waals surface area (Å²) in [6.07, 6.45) is 7.76. The van der Waals surface area contributed by atoms with E-state index in [1.54, 1.807) is 18.0 Å². The van der Waals surface area contributed by atoms with E-state index in [1.165, 1.54) is 5.56 Å². The Hall–Kier alpha value is -2.83. The average Bonchev–Trinajstić information content (AvgIpc) is 3.61. The Morgan fingerprint density at radius 2 is 1.94 bits per heavy atom. The van der Waals surface area contributed by atoms with Gasteiger partial charge in [0.2, 0.25) is 0 Å². The van der Waals surface area contributed by atoms with Crippen LogP contribution < -0.4 is 5.32 Å². The van der Waals surface area contributed by atoms with Crippen molar-refractivity contribution in [2.24, 2.45) is 4.99 Å². The van der Waals surface area contributed by atoms with Crippen LogP contribution in [0, 0.1) is 6.92 Å². The van der Waals surface area contributed by atoms with Crippen molar-refractivity contribution in [3.05, 3.63) is 90.4 Å². The molecule has 1 atom stereocenters. The number of rotatable bonds is 10. The number of halogens is 1. The summed E-state index contributed by atoms with van der Waals surface area (Å²) in [5.74, 6) is 1.91. The summed E-state index contributed by atoms with van der Waals surface area (Å²) < 4.78 is 2.19. The van der Waals surface area contributed by atoms with Gasteiger partial charge in [-0.2, -0.15) is 0 Å². The molecule has 1 aromatic heterocycles. The maximum absolute atomic E-state index is 5.95. The summed E-state index contributed by atoms with van der Waals surface area (Å²) in [7, 11) is 1.92. The number of nitrogens with zero attached hydrogens (tertiary/aromatic N) is 4. The smallest absolute Gasteiger partial charge is 0.196 e. The predicted octanol–water partition coefficient (Wildman–Crippen LogP) is 6.71. The molecule has 5 nitrogen and oxygen atoms in total. The largest absolute Gasteiger partial charge is 0.388 e. The lowest BCUT2D eigenvalue weighted by Gasteiger charge is -2.18. The van der Waals surface area contributed by atoms with E-state index in [9.17, 15) is 0 Å². The molecule has 1 fully saturated rings. The molecule has 170 valence electrons. The van der Waals surface area contributed by atoms with Gasteiger partial charge >= 0.3 is 0 Å². The standard InChI is InChI=1S/C26H28ClN5S/c1-4-29-23(6-5-17-27)24(19-9-7-18(2)8-10-19)33-26-31-30-25(20-11-12-20)32(26)22-15-13-21(28-3)14-16-22/h4-10,13-16,20,24,28H,1,11-12,17H2,2-3H3/b6-5-,29-23?. The Morgan fingerprint density at radius 3 is 2.55 bits per heavy atom. The van der Waals surface area contributed by atoms with E-state index in [2.05, 4.69) is 87.1 Å². The molecule has 0 bridgehead atoms. The first-order valence-corrected chi connectivity index (χ1v) is 12.4. The van der Waals surface area contributed by atoms with Gasteiger partial charge in [0.15, 0.2) is 5.16 Å².